The molecular formula is C15H10ClN3O2. The fraction of sp³-hybridized carbons (Fsp3) is 0. The Balaban J connectivity index is 2.02. The average Bonchev–Trinajstić information content (AvgIpc) is 2.47. The van der Waals surface area contributed by atoms with Crippen LogP contribution >= 0.6 is 11.6 Å². The largest absolute Gasteiger partial charge is 0.478 e. The monoisotopic (exact) mass is 299 g/mol. The first-order chi connectivity index (χ1) is 10.1. The number of aromatic nitrogens is 2. The standard InChI is InChI=1S/C15H10ClN3O2/c16-13-6-4-11(15(20)21)14(19-13)18-10-3-5-12-9(8-10)2-1-7-17-12/h1-8H,(H,18,19)(H,20,21). The molecule has 6 heteroatoms. The molecule has 3 rings (SSSR count). The van der Waals surface area contributed by atoms with Crippen molar-refractivity contribution >= 4 is 40.0 Å². The van der Waals surface area contributed by atoms with Gasteiger partial charge in [0.1, 0.15) is 16.5 Å². The number of hydrogen-bond donors (Lipinski definition) is 2. The van der Waals surface area contributed by atoms with E-state index in [4.69, 9.17) is 11.6 Å². The molecule has 0 radical (unpaired) electrons. The quantitative estimate of drug-likeness (QED) is 0.721. The van der Waals surface area contributed by atoms with E-state index in [2.05, 4.69) is 15.3 Å². The van der Waals surface area contributed by atoms with E-state index in [1.54, 1.807) is 6.20 Å². The zero-order valence-corrected chi connectivity index (χ0v) is 11.5. The van der Waals surface area contributed by atoms with Crippen molar-refractivity contribution < 1.29 is 9.90 Å². The molecule has 0 unspecified atom stereocenters. The molecule has 1 aromatic carbocycles. The van der Waals surface area contributed by atoms with Crippen LogP contribution in [0.25, 0.3) is 10.9 Å². The first-order valence-corrected chi connectivity index (χ1v) is 6.53. The van der Waals surface area contributed by atoms with E-state index in [1.807, 2.05) is 30.3 Å². The molecule has 0 bridgehead atoms. The molecule has 0 fully saturated rings. The van der Waals surface area contributed by atoms with Gasteiger partial charge >= 0.3 is 5.97 Å². The van der Waals surface area contributed by atoms with Gasteiger partial charge in [-0.2, -0.15) is 0 Å². The number of carboxylic acids is 1. The molecule has 0 spiro atoms. The molecule has 104 valence electrons. The summed E-state index contributed by atoms with van der Waals surface area (Å²) in [4.78, 5) is 19.5. The van der Waals surface area contributed by atoms with Crippen LogP contribution in [-0.4, -0.2) is 21.0 Å². The zero-order valence-electron chi connectivity index (χ0n) is 10.7. The Morgan fingerprint density at radius 2 is 2.05 bits per heavy atom. The predicted molar refractivity (Wildman–Crippen MR) is 81.2 cm³/mol. The molecule has 0 atom stereocenters. The van der Waals surface area contributed by atoms with Gasteiger partial charge in [-0.25, -0.2) is 9.78 Å². The van der Waals surface area contributed by atoms with Gasteiger partial charge < -0.3 is 10.4 Å². The number of benzene rings is 1. The van der Waals surface area contributed by atoms with Gasteiger partial charge in [-0.3, -0.25) is 4.98 Å². The number of nitrogens with one attached hydrogen (secondary N) is 1. The molecule has 2 heterocycles. The lowest BCUT2D eigenvalue weighted by molar-refractivity contribution is 0.0697. The smallest absolute Gasteiger partial charge is 0.339 e. The molecule has 0 aliphatic heterocycles. The van der Waals surface area contributed by atoms with Crippen LogP contribution in [0, 0.1) is 0 Å². The van der Waals surface area contributed by atoms with Crippen molar-refractivity contribution in [2.75, 3.05) is 5.32 Å². The van der Waals surface area contributed by atoms with Crippen molar-refractivity contribution in [3.8, 4) is 0 Å². The lowest BCUT2D eigenvalue weighted by atomic mass is 10.2. The SMILES string of the molecule is O=C(O)c1ccc(Cl)nc1Nc1ccc2ncccc2c1. The lowest BCUT2D eigenvalue weighted by Gasteiger charge is -2.09. The maximum atomic E-state index is 11.2. The summed E-state index contributed by atoms with van der Waals surface area (Å²) in [5.41, 5.74) is 1.64. The highest BCUT2D eigenvalue weighted by Gasteiger charge is 2.12. The predicted octanol–water partition coefficient (Wildman–Crippen LogP) is 3.73. The Labute approximate surface area is 125 Å². The number of nitrogens with zero attached hydrogens (tertiary/aromatic N) is 2. The molecule has 2 N–H and O–H groups in total. The molecular weight excluding hydrogens is 290 g/mol. The Kier molecular flexibility index (Phi) is 3.41. The summed E-state index contributed by atoms with van der Waals surface area (Å²) in [6.45, 7) is 0. The average molecular weight is 300 g/mol. The van der Waals surface area contributed by atoms with Crippen LogP contribution in [0.5, 0.6) is 0 Å². The van der Waals surface area contributed by atoms with Gasteiger partial charge in [0.2, 0.25) is 0 Å². The van der Waals surface area contributed by atoms with Gasteiger partial charge in [-0.15, -0.1) is 0 Å². The highest BCUT2D eigenvalue weighted by Crippen LogP contribution is 2.23. The Morgan fingerprint density at radius 1 is 1.19 bits per heavy atom. The minimum atomic E-state index is -1.07. The van der Waals surface area contributed by atoms with Crippen molar-refractivity contribution in [3.63, 3.8) is 0 Å². The number of carboxylic acid groups (broad SMARTS) is 1. The highest BCUT2D eigenvalue weighted by molar-refractivity contribution is 6.29. The number of fused-ring (bicyclic) bond motifs is 1. The molecule has 3 aromatic rings. The van der Waals surface area contributed by atoms with Gasteiger partial charge in [0.15, 0.2) is 0 Å². The molecule has 21 heavy (non-hydrogen) atoms. The van der Waals surface area contributed by atoms with Gasteiger partial charge in [0.05, 0.1) is 5.52 Å². The van der Waals surface area contributed by atoms with E-state index < -0.39 is 5.97 Å². The van der Waals surface area contributed by atoms with Crippen molar-refractivity contribution in [2.24, 2.45) is 0 Å². The fourth-order valence-electron chi connectivity index (χ4n) is 1.99. The van der Waals surface area contributed by atoms with E-state index in [9.17, 15) is 9.90 Å². The molecule has 0 aliphatic rings. The molecule has 5 nitrogen and oxygen atoms in total. The van der Waals surface area contributed by atoms with Crippen LogP contribution in [0.1, 0.15) is 10.4 Å². The minimum absolute atomic E-state index is 0.0608. The van der Waals surface area contributed by atoms with Crippen molar-refractivity contribution in [2.45, 2.75) is 0 Å². The molecule has 2 aromatic heterocycles. The van der Waals surface area contributed by atoms with E-state index in [1.165, 1.54) is 12.1 Å². The van der Waals surface area contributed by atoms with Crippen LogP contribution in [0.2, 0.25) is 5.15 Å². The lowest BCUT2D eigenvalue weighted by Crippen LogP contribution is -2.05. The molecule has 0 aliphatic carbocycles. The third-order valence-corrected chi connectivity index (χ3v) is 3.17. The normalized spacial score (nSPS) is 10.5. The van der Waals surface area contributed by atoms with Gasteiger partial charge in [0, 0.05) is 17.3 Å². The number of halogens is 1. The Bertz CT molecular complexity index is 836. The zero-order chi connectivity index (χ0) is 14.8. The van der Waals surface area contributed by atoms with E-state index in [-0.39, 0.29) is 16.5 Å². The number of hydrogen-bond acceptors (Lipinski definition) is 4. The first kappa shape index (κ1) is 13.3. The maximum Gasteiger partial charge on any atom is 0.339 e. The number of anilines is 2. The number of carbonyl (C=O) groups is 1. The summed E-state index contributed by atoms with van der Waals surface area (Å²) in [5.74, 6) is -0.859. The molecule has 0 amide bonds. The Hall–Kier alpha value is -2.66. The van der Waals surface area contributed by atoms with E-state index in [0.717, 1.165) is 10.9 Å². The minimum Gasteiger partial charge on any atom is -0.478 e. The summed E-state index contributed by atoms with van der Waals surface area (Å²) in [5, 5.41) is 13.3. The summed E-state index contributed by atoms with van der Waals surface area (Å²) in [7, 11) is 0. The summed E-state index contributed by atoms with van der Waals surface area (Å²) < 4.78 is 0. The van der Waals surface area contributed by atoms with Crippen molar-refractivity contribution in [3.05, 3.63) is 59.4 Å². The van der Waals surface area contributed by atoms with Crippen LogP contribution < -0.4 is 5.32 Å². The van der Waals surface area contributed by atoms with E-state index in [0.29, 0.717) is 5.69 Å². The van der Waals surface area contributed by atoms with Gasteiger partial charge in [0.25, 0.3) is 0 Å². The number of pyridine rings is 2. The third kappa shape index (κ3) is 2.78. The van der Waals surface area contributed by atoms with Crippen LogP contribution in [0.15, 0.2) is 48.7 Å². The Morgan fingerprint density at radius 3 is 2.86 bits per heavy atom. The van der Waals surface area contributed by atoms with E-state index >= 15 is 0 Å². The second kappa shape index (κ2) is 5.38. The fourth-order valence-corrected chi connectivity index (χ4v) is 2.14. The highest BCUT2D eigenvalue weighted by atomic mass is 35.5. The van der Waals surface area contributed by atoms with Gasteiger partial charge in [-0.05, 0) is 36.4 Å². The van der Waals surface area contributed by atoms with Crippen LogP contribution in [0.3, 0.4) is 0 Å². The maximum absolute atomic E-state index is 11.2. The van der Waals surface area contributed by atoms with Gasteiger partial charge in [-0.1, -0.05) is 17.7 Å². The van der Waals surface area contributed by atoms with Crippen molar-refractivity contribution in [1.29, 1.82) is 0 Å². The number of aromatic carboxylic acids is 1. The first-order valence-electron chi connectivity index (χ1n) is 6.15. The number of rotatable bonds is 3. The topological polar surface area (TPSA) is 75.1 Å². The third-order valence-electron chi connectivity index (χ3n) is 2.96. The van der Waals surface area contributed by atoms with Crippen LogP contribution in [-0.2, 0) is 0 Å². The summed E-state index contributed by atoms with van der Waals surface area (Å²) in [6.07, 6.45) is 1.72. The molecule has 0 saturated carbocycles. The van der Waals surface area contributed by atoms with Crippen LogP contribution in [0.4, 0.5) is 11.5 Å². The summed E-state index contributed by atoms with van der Waals surface area (Å²) in [6, 6.07) is 12.2. The van der Waals surface area contributed by atoms with Crippen molar-refractivity contribution in [1.82, 2.24) is 9.97 Å². The second-order valence-electron chi connectivity index (χ2n) is 4.37. The summed E-state index contributed by atoms with van der Waals surface area (Å²) >= 11 is 5.83. The molecule has 0 saturated heterocycles. The second-order valence-corrected chi connectivity index (χ2v) is 4.76.